The molecule has 31 heavy (non-hydrogen) atoms. The summed E-state index contributed by atoms with van der Waals surface area (Å²) in [6, 6.07) is 11.0. The second-order valence-corrected chi connectivity index (χ2v) is 6.44. The van der Waals surface area contributed by atoms with Crippen LogP contribution in [0.15, 0.2) is 48.5 Å². The molecule has 2 rings (SSSR count). The summed E-state index contributed by atoms with van der Waals surface area (Å²) in [5, 5.41) is 31.9. The normalized spacial score (nSPS) is 12.1. The number of ether oxygens (including phenoxy) is 1. The highest BCUT2D eigenvalue weighted by Gasteiger charge is 2.33. The summed E-state index contributed by atoms with van der Waals surface area (Å²) in [5.74, 6) is -3.83. The molecule has 1 amide bonds. The van der Waals surface area contributed by atoms with Gasteiger partial charge in [0.15, 0.2) is 0 Å². The van der Waals surface area contributed by atoms with Crippen molar-refractivity contribution >= 4 is 23.5 Å². The SMILES string of the molecule is CCOC(=O)C[C@H](c1ccc([N+](=O)[O-])cc1)[C@@H](NC(=O)c1ccc(C#N)cc1)C(=O)O. The number of amides is 1. The van der Waals surface area contributed by atoms with E-state index >= 15 is 0 Å². The van der Waals surface area contributed by atoms with Crippen LogP contribution in [0.4, 0.5) is 5.69 Å². The van der Waals surface area contributed by atoms with Gasteiger partial charge in [0, 0.05) is 23.6 Å². The maximum absolute atomic E-state index is 12.6. The van der Waals surface area contributed by atoms with E-state index in [-0.39, 0.29) is 24.3 Å². The van der Waals surface area contributed by atoms with Crippen molar-refractivity contribution in [1.29, 1.82) is 5.26 Å². The van der Waals surface area contributed by atoms with Crippen LogP contribution in [0.2, 0.25) is 0 Å². The first-order valence-corrected chi connectivity index (χ1v) is 9.20. The van der Waals surface area contributed by atoms with Gasteiger partial charge in [-0.3, -0.25) is 19.7 Å². The van der Waals surface area contributed by atoms with Crippen LogP contribution >= 0.6 is 0 Å². The third-order valence-corrected chi connectivity index (χ3v) is 4.46. The third-order valence-electron chi connectivity index (χ3n) is 4.46. The number of hydrogen-bond acceptors (Lipinski definition) is 7. The molecule has 2 aromatic carbocycles. The van der Waals surface area contributed by atoms with Crippen molar-refractivity contribution < 1.29 is 29.2 Å². The van der Waals surface area contributed by atoms with Gasteiger partial charge in [-0.1, -0.05) is 12.1 Å². The average molecular weight is 425 g/mol. The highest BCUT2D eigenvalue weighted by molar-refractivity contribution is 5.97. The lowest BCUT2D eigenvalue weighted by atomic mass is 9.88. The van der Waals surface area contributed by atoms with E-state index in [0.29, 0.717) is 11.1 Å². The molecule has 0 fully saturated rings. The van der Waals surface area contributed by atoms with Crippen LogP contribution < -0.4 is 5.32 Å². The third kappa shape index (κ3) is 6.11. The molecule has 2 atom stereocenters. The number of nitro groups is 1. The Kier molecular flexibility index (Phi) is 7.80. The highest BCUT2D eigenvalue weighted by Crippen LogP contribution is 2.27. The summed E-state index contributed by atoms with van der Waals surface area (Å²) in [6.45, 7) is 1.68. The minimum absolute atomic E-state index is 0.0845. The summed E-state index contributed by atoms with van der Waals surface area (Å²) < 4.78 is 4.92. The maximum atomic E-state index is 12.6. The van der Waals surface area contributed by atoms with Crippen molar-refractivity contribution in [3.05, 3.63) is 75.3 Å². The van der Waals surface area contributed by atoms with Crippen LogP contribution in [0.3, 0.4) is 0 Å². The quantitative estimate of drug-likeness (QED) is 0.352. The van der Waals surface area contributed by atoms with Crippen LogP contribution in [0, 0.1) is 21.4 Å². The molecular formula is C21H19N3O7. The van der Waals surface area contributed by atoms with E-state index < -0.39 is 34.7 Å². The molecule has 0 aliphatic rings. The molecular weight excluding hydrogens is 406 g/mol. The molecule has 10 nitrogen and oxygen atoms in total. The number of esters is 1. The number of nitriles is 1. The standard InChI is InChI=1S/C21H19N3O7/c1-2-31-18(25)11-17(14-7-9-16(10-8-14)24(29)30)19(21(27)28)23-20(26)15-5-3-13(12-22)4-6-15/h3-10,17,19H,2,11H2,1H3,(H,23,26)(H,27,28)/t17-,19-/m1/s1. The van der Waals surface area contributed by atoms with Gasteiger partial charge in [-0.2, -0.15) is 5.26 Å². The van der Waals surface area contributed by atoms with Crippen molar-refractivity contribution in [1.82, 2.24) is 5.32 Å². The van der Waals surface area contributed by atoms with Gasteiger partial charge in [-0.05, 0) is 36.8 Å². The van der Waals surface area contributed by atoms with Gasteiger partial charge in [0.05, 0.1) is 29.6 Å². The zero-order valence-corrected chi connectivity index (χ0v) is 16.5. The number of nitrogens with one attached hydrogen (secondary N) is 1. The molecule has 0 spiro atoms. The first-order chi connectivity index (χ1) is 14.8. The largest absolute Gasteiger partial charge is 0.480 e. The Hall–Kier alpha value is -4.26. The summed E-state index contributed by atoms with van der Waals surface area (Å²) >= 11 is 0. The number of carbonyl (C=O) groups is 3. The molecule has 0 aliphatic heterocycles. The van der Waals surface area contributed by atoms with E-state index in [1.165, 1.54) is 48.5 Å². The number of rotatable bonds is 9. The van der Waals surface area contributed by atoms with Crippen LogP contribution in [0.5, 0.6) is 0 Å². The number of hydrogen-bond donors (Lipinski definition) is 2. The van der Waals surface area contributed by atoms with E-state index in [1.807, 2.05) is 6.07 Å². The molecule has 2 N–H and O–H groups in total. The number of nitrogens with zero attached hydrogens (tertiary/aromatic N) is 2. The van der Waals surface area contributed by atoms with Crippen LogP contribution in [-0.2, 0) is 14.3 Å². The van der Waals surface area contributed by atoms with Gasteiger partial charge in [-0.25, -0.2) is 4.79 Å². The minimum atomic E-state index is -1.52. The molecule has 10 heteroatoms. The Balaban J connectivity index is 2.36. The van der Waals surface area contributed by atoms with Crippen LogP contribution in [0.1, 0.15) is 40.7 Å². The van der Waals surface area contributed by atoms with Crippen LogP contribution in [-0.4, -0.2) is 40.5 Å². The molecule has 0 aromatic heterocycles. The molecule has 0 radical (unpaired) electrons. The van der Waals surface area contributed by atoms with Crippen molar-refractivity contribution in [2.75, 3.05) is 6.61 Å². The highest BCUT2D eigenvalue weighted by atomic mass is 16.6. The topological polar surface area (TPSA) is 160 Å². The van der Waals surface area contributed by atoms with Crippen molar-refractivity contribution in [2.24, 2.45) is 0 Å². The summed E-state index contributed by atoms with van der Waals surface area (Å²) in [5.41, 5.74) is 0.569. The zero-order valence-electron chi connectivity index (χ0n) is 16.5. The second kappa shape index (κ2) is 10.5. The van der Waals surface area contributed by atoms with Crippen molar-refractivity contribution in [3.8, 4) is 6.07 Å². The fraction of sp³-hybridized carbons (Fsp3) is 0.238. The Bertz CT molecular complexity index is 1010. The Labute approximate surface area is 177 Å². The van der Waals surface area contributed by atoms with Crippen molar-refractivity contribution in [2.45, 2.75) is 25.3 Å². The number of carboxylic acids is 1. The van der Waals surface area contributed by atoms with Gasteiger partial charge in [0.2, 0.25) is 0 Å². The Morgan fingerprint density at radius 1 is 1.16 bits per heavy atom. The summed E-state index contributed by atoms with van der Waals surface area (Å²) in [6.07, 6.45) is -0.365. The van der Waals surface area contributed by atoms with E-state index in [1.54, 1.807) is 6.92 Å². The summed E-state index contributed by atoms with van der Waals surface area (Å²) in [7, 11) is 0. The lowest BCUT2D eigenvalue weighted by Gasteiger charge is -2.25. The number of non-ortho nitro benzene ring substituents is 1. The maximum Gasteiger partial charge on any atom is 0.326 e. The van der Waals surface area contributed by atoms with Gasteiger partial charge in [0.25, 0.3) is 11.6 Å². The molecule has 0 aliphatic carbocycles. The first-order valence-electron chi connectivity index (χ1n) is 9.20. The molecule has 2 aromatic rings. The molecule has 0 unspecified atom stereocenters. The molecule has 0 saturated heterocycles. The molecule has 160 valence electrons. The fourth-order valence-electron chi connectivity index (χ4n) is 2.93. The molecule has 0 heterocycles. The lowest BCUT2D eigenvalue weighted by molar-refractivity contribution is -0.384. The Morgan fingerprint density at radius 2 is 1.77 bits per heavy atom. The Morgan fingerprint density at radius 3 is 2.26 bits per heavy atom. The van der Waals surface area contributed by atoms with Crippen LogP contribution in [0.25, 0.3) is 0 Å². The number of nitro benzene ring substituents is 1. The number of carboxylic acid groups (broad SMARTS) is 1. The smallest absolute Gasteiger partial charge is 0.326 e. The monoisotopic (exact) mass is 425 g/mol. The van der Waals surface area contributed by atoms with E-state index in [9.17, 15) is 29.6 Å². The first kappa shape index (κ1) is 23.0. The molecule has 0 bridgehead atoms. The van der Waals surface area contributed by atoms with E-state index in [0.717, 1.165) is 0 Å². The average Bonchev–Trinajstić information content (AvgIpc) is 2.76. The van der Waals surface area contributed by atoms with Gasteiger partial charge >= 0.3 is 11.9 Å². The van der Waals surface area contributed by atoms with Gasteiger partial charge in [-0.15, -0.1) is 0 Å². The predicted octanol–water partition coefficient (Wildman–Crippen LogP) is 2.39. The lowest BCUT2D eigenvalue weighted by Crippen LogP contribution is -2.45. The van der Waals surface area contributed by atoms with E-state index in [2.05, 4.69) is 5.32 Å². The van der Waals surface area contributed by atoms with Gasteiger partial charge < -0.3 is 15.2 Å². The zero-order chi connectivity index (χ0) is 23.0. The van der Waals surface area contributed by atoms with E-state index in [4.69, 9.17) is 10.00 Å². The minimum Gasteiger partial charge on any atom is -0.480 e. The van der Waals surface area contributed by atoms with Crippen molar-refractivity contribution in [3.63, 3.8) is 0 Å². The number of benzene rings is 2. The fourth-order valence-corrected chi connectivity index (χ4v) is 2.93. The predicted molar refractivity (Wildman–Crippen MR) is 107 cm³/mol. The summed E-state index contributed by atoms with van der Waals surface area (Å²) in [4.78, 5) is 46.9. The molecule has 0 saturated carbocycles. The second-order valence-electron chi connectivity index (χ2n) is 6.44. The number of aliphatic carboxylic acids is 1. The number of carbonyl (C=O) groups excluding carboxylic acids is 2. The van der Waals surface area contributed by atoms with Gasteiger partial charge in [0.1, 0.15) is 6.04 Å².